The van der Waals surface area contributed by atoms with Crippen LogP contribution in [0, 0.1) is 5.82 Å². The van der Waals surface area contributed by atoms with E-state index in [0.29, 0.717) is 27.3 Å². The Kier molecular flexibility index (Phi) is 8.32. The lowest BCUT2D eigenvalue weighted by molar-refractivity contribution is 0.284. The van der Waals surface area contributed by atoms with E-state index < -0.39 is 5.82 Å². The molecule has 0 spiro atoms. The average Bonchev–Trinajstić information content (AvgIpc) is 2.78. The Balaban J connectivity index is 1.63. The fourth-order valence-electron chi connectivity index (χ4n) is 2.59. The first-order valence-corrected chi connectivity index (χ1v) is 10.7. The van der Waals surface area contributed by atoms with Crippen molar-refractivity contribution in [2.75, 3.05) is 7.11 Å². The van der Waals surface area contributed by atoms with Crippen molar-refractivity contribution in [2.24, 2.45) is 15.9 Å². The largest absolute Gasteiger partial charge is 0.493 e. The molecule has 160 valence electrons. The third kappa shape index (κ3) is 7.01. The highest BCUT2D eigenvalue weighted by Crippen LogP contribution is 2.29. The Morgan fingerprint density at radius 2 is 1.90 bits per heavy atom. The molecule has 0 unspecified atom stereocenters. The van der Waals surface area contributed by atoms with Crippen LogP contribution in [0.1, 0.15) is 16.7 Å². The molecule has 8 heteroatoms. The number of nitrogens with two attached hydrogens (primary N) is 1. The number of methoxy groups -OCH3 is 1. The van der Waals surface area contributed by atoms with E-state index >= 15 is 0 Å². The number of hydrogen-bond acceptors (Lipinski definition) is 5. The van der Waals surface area contributed by atoms with Gasteiger partial charge in [-0.2, -0.15) is 5.10 Å². The summed E-state index contributed by atoms with van der Waals surface area (Å²) in [6, 6.07) is 19.5. The summed E-state index contributed by atoms with van der Waals surface area (Å²) in [6.45, 7) is 0.164. The van der Waals surface area contributed by atoms with E-state index in [2.05, 4.69) is 10.2 Å². The minimum atomic E-state index is -0.397. The number of ether oxygens (including phenoxy) is 2. The molecule has 31 heavy (non-hydrogen) atoms. The lowest BCUT2D eigenvalue weighted by atomic mass is 10.2. The van der Waals surface area contributed by atoms with Crippen LogP contribution in [-0.2, 0) is 12.4 Å². The van der Waals surface area contributed by atoms with E-state index in [1.807, 2.05) is 36.4 Å². The molecule has 0 aliphatic rings. The van der Waals surface area contributed by atoms with Gasteiger partial charge in [0.1, 0.15) is 12.4 Å². The average molecular weight is 458 g/mol. The second kappa shape index (κ2) is 11.4. The second-order valence-corrected chi connectivity index (χ2v) is 7.79. The minimum absolute atomic E-state index is 0.164. The standard InChI is InChI=1S/C23H21ClFN3O2S/c1-29-21-10-7-17(11-22(21)30-14-18-8-9-19(25)12-20(18)24)13-27-28-23(26)31-15-16-5-3-2-4-6-16/h2-13H,14-15H2,1H3,(H2,26,28). The van der Waals surface area contributed by atoms with Gasteiger partial charge >= 0.3 is 0 Å². The summed E-state index contributed by atoms with van der Waals surface area (Å²) in [5.41, 5.74) is 8.49. The number of thioether (sulfide) groups is 1. The first-order valence-electron chi connectivity index (χ1n) is 9.33. The van der Waals surface area contributed by atoms with Gasteiger partial charge in [0.05, 0.1) is 18.3 Å². The van der Waals surface area contributed by atoms with Crippen LogP contribution in [0.25, 0.3) is 0 Å². The maximum Gasteiger partial charge on any atom is 0.180 e. The first kappa shape index (κ1) is 22.7. The molecule has 0 aliphatic carbocycles. The third-order valence-electron chi connectivity index (χ3n) is 4.18. The van der Waals surface area contributed by atoms with Crippen molar-refractivity contribution in [2.45, 2.75) is 12.4 Å². The molecule has 2 N–H and O–H groups in total. The Morgan fingerprint density at radius 3 is 2.65 bits per heavy atom. The van der Waals surface area contributed by atoms with Gasteiger partial charge < -0.3 is 15.2 Å². The fraction of sp³-hybridized carbons (Fsp3) is 0.130. The molecular weight excluding hydrogens is 437 g/mol. The van der Waals surface area contributed by atoms with Gasteiger partial charge in [-0.25, -0.2) is 4.39 Å². The molecular formula is C23H21ClFN3O2S. The van der Waals surface area contributed by atoms with Crippen molar-refractivity contribution in [1.29, 1.82) is 0 Å². The second-order valence-electron chi connectivity index (χ2n) is 6.39. The smallest absolute Gasteiger partial charge is 0.180 e. The first-order chi connectivity index (χ1) is 15.0. The molecule has 3 aromatic carbocycles. The number of rotatable bonds is 8. The maximum absolute atomic E-state index is 13.2. The Bertz CT molecular complexity index is 1080. The molecule has 0 amide bonds. The van der Waals surface area contributed by atoms with E-state index in [1.54, 1.807) is 31.5 Å². The predicted octanol–water partition coefficient (Wildman–Crippen LogP) is 5.65. The predicted molar refractivity (Wildman–Crippen MR) is 126 cm³/mol. The molecule has 3 aromatic rings. The molecule has 0 heterocycles. The molecule has 0 radical (unpaired) electrons. The van der Waals surface area contributed by atoms with Gasteiger partial charge in [-0.3, -0.25) is 0 Å². The van der Waals surface area contributed by atoms with Gasteiger partial charge in [-0.1, -0.05) is 59.8 Å². The summed E-state index contributed by atoms with van der Waals surface area (Å²) < 4.78 is 24.4. The molecule has 0 saturated carbocycles. The fourth-order valence-corrected chi connectivity index (χ4v) is 3.43. The topological polar surface area (TPSA) is 69.2 Å². The van der Waals surface area contributed by atoms with Crippen LogP contribution in [-0.4, -0.2) is 18.5 Å². The van der Waals surface area contributed by atoms with Crippen molar-refractivity contribution < 1.29 is 13.9 Å². The molecule has 0 aliphatic heterocycles. The molecule has 0 bridgehead atoms. The number of hydrogen-bond donors (Lipinski definition) is 1. The maximum atomic E-state index is 13.2. The number of benzene rings is 3. The summed E-state index contributed by atoms with van der Waals surface area (Å²) in [7, 11) is 1.55. The van der Waals surface area contributed by atoms with Gasteiger partial charge in [0.15, 0.2) is 16.7 Å². The summed E-state index contributed by atoms with van der Waals surface area (Å²) in [6.07, 6.45) is 1.58. The summed E-state index contributed by atoms with van der Waals surface area (Å²) in [5, 5.41) is 8.74. The Hall–Kier alpha value is -3.03. The van der Waals surface area contributed by atoms with Crippen LogP contribution in [0.15, 0.2) is 76.9 Å². The zero-order chi connectivity index (χ0) is 22.1. The van der Waals surface area contributed by atoms with E-state index in [1.165, 1.54) is 23.9 Å². The van der Waals surface area contributed by atoms with Crippen molar-refractivity contribution in [3.05, 3.63) is 94.3 Å². The molecule has 5 nitrogen and oxygen atoms in total. The van der Waals surface area contributed by atoms with E-state index in [0.717, 1.165) is 16.9 Å². The van der Waals surface area contributed by atoms with E-state index in [4.69, 9.17) is 26.8 Å². The summed E-state index contributed by atoms with van der Waals surface area (Å²) in [4.78, 5) is 0. The minimum Gasteiger partial charge on any atom is -0.493 e. The highest BCUT2D eigenvalue weighted by atomic mass is 35.5. The van der Waals surface area contributed by atoms with Crippen LogP contribution in [0.5, 0.6) is 11.5 Å². The van der Waals surface area contributed by atoms with Crippen molar-refractivity contribution in [3.8, 4) is 11.5 Å². The van der Waals surface area contributed by atoms with Crippen LogP contribution in [0.2, 0.25) is 5.02 Å². The SMILES string of the molecule is COc1ccc(C=NN=C(N)SCc2ccccc2)cc1OCc1ccc(F)cc1Cl. The van der Waals surface area contributed by atoms with Gasteiger partial charge in [0.25, 0.3) is 0 Å². The van der Waals surface area contributed by atoms with Gasteiger partial charge in [-0.05, 0) is 41.5 Å². The normalized spacial score (nSPS) is 11.6. The number of halogens is 2. The molecule has 0 aromatic heterocycles. The molecule has 0 saturated heterocycles. The highest BCUT2D eigenvalue weighted by molar-refractivity contribution is 8.13. The molecule has 0 fully saturated rings. The monoisotopic (exact) mass is 457 g/mol. The summed E-state index contributed by atoms with van der Waals surface area (Å²) >= 11 is 7.47. The number of amidine groups is 1. The van der Waals surface area contributed by atoms with Crippen molar-refractivity contribution in [1.82, 2.24) is 0 Å². The Morgan fingerprint density at radius 1 is 1.10 bits per heavy atom. The molecule has 3 rings (SSSR count). The van der Waals surface area contributed by atoms with Gasteiger partial charge in [0, 0.05) is 11.3 Å². The zero-order valence-corrected chi connectivity index (χ0v) is 18.4. The van der Waals surface area contributed by atoms with Crippen molar-refractivity contribution in [3.63, 3.8) is 0 Å². The van der Waals surface area contributed by atoms with E-state index in [-0.39, 0.29) is 6.61 Å². The van der Waals surface area contributed by atoms with Crippen LogP contribution in [0.3, 0.4) is 0 Å². The van der Waals surface area contributed by atoms with Crippen LogP contribution >= 0.6 is 23.4 Å². The summed E-state index contributed by atoms with van der Waals surface area (Å²) in [5.74, 6) is 1.38. The van der Waals surface area contributed by atoms with Gasteiger partial charge in [-0.15, -0.1) is 5.10 Å². The lowest BCUT2D eigenvalue weighted by Gasteiger charge is -2.12. The van der Waals surface area contributed by atoms with Crippen LogP contribution in [0.4, 0.5) is 4.39 Å². The van der Waals surface area contributed by atoms with Gasteiger partial charge in [0.2, 0.25) is 0 Å². The number of nitrogens with zero attached hydrogens (tertiary/aromatic N) is 2. The van der Waals surface area contributed by atoms with E-state index in [9.17, 15) is 4.39 Å². The third-order valence-corrected chi connectivity index (χ3v) is 5.39. The zero-order valence-electron chi connectivity index (χ0n) is 16.8. The molecule has 0 atom stereocenters. The highest BCUT2D eigenvalue weighted by Gasteiger charge is 2.08. The Labute approximate surface area is 189 Å². The quantitative estimate of drug-likeness (QED) is 0.269. The van der Waals surface area contributed by atoms with Crippen LogP contribution < -0.4 is 15.2 Å². The van der Waals surface area contributed by atoms with Crippen molar-refractivity contribution >= 4 is 34.7 Å². The lowest BCUT2D eigenvalue weighted by Crippen LogP contribution is -2.06.